The van der Waals surface area contributed by atoms with E-state index in [1.54, 1.807) is 22.4 Å². The summed E-state index contributed by atoms with van der Waals surface area (Å²) >= 11 is 1.68. The number of methoxy groups -OCH3 is 3. The van der Waals surface area contributed by atoms with Crippen molar-refractivity contribution in [2.45, 2.75) is 6.54 Å². The molecular weight excluding hydrogens is 292 g/mol. The van der Waals surface area contributed by atoms with Crippen molar-refractivity contribution in [1.82, 2.24) is 9.55 Å². The molecule has 0 N–H and O–H groups in total. The molecule has 1 aromatic carbocycles. The second-order valence-electron chi connectivity index (χ2n) is 4.28. The van der Waals surface area contributed by atoms with Crippen molar-refractivity contribution in [3.05, 3.63) is 22.7 Å². The lowest BCUT2D eigenvalue weighted by atomic mass is 10.2. The third kappa shape index (κ3) is 2.78. The highest BCUT2D eigenvalue weighted by atomic mass is 32.2. The predicted molar refractivity (Wildman–Crippen MR) is 84.0 cm³/mol. The Bertz CT molecular complexity index is 699. The van der Waals surface area contributed by atoms with E-state index in [-0.39, 0.29) is 5.56 Å². The largest absolute Gasteiger partial charge is 0.493 e. The molecule has 21 heavy (non-hydrogen) atoms. The van der Waals surface area contributed by atoms with Crippen LogP contribution in [0.25, 0.3) is 10.9 Å². The molecule has 0 saturated carbocycles. The van der Waals surface area contributed by atoms with Crippen LogP contribution in [0.2, 0.25) is 0 Å². The number of fused-ring (bicyclic) bond motifs is 1. The fraction of sp³-hybridized carbons (Fsp3) is 0.429. The van der Waals surface area contributed by atoms with Crippen molar-refractivity contribution in [2.24, 2.45) is 0 Å². The van der Waals surface area contributed by atoms with Crippen LogP contribution in [0.3, 0.4) is 0 Å². The molecule has 0 atom stereocenters. The Morgan fingerprint density at radius 2 is 1.90 bits per heavy atom. The highest BCUT2D eigenvalue weighted by Gasteiger charge is 2.19. The molecule has 0 amide bonds. The minimum Gasteiger partial charge on any atom is -0.493 e. The monoisotopic (exact) mass is 310 g/mol. The maximum absolute atomic E-state index is 12.5. The fourth-order valence-electron chi connectivity index (χ4n) is 2.12. The van der Waals surface area contributed by atoms with Crippen molar-refractivity contribution in [3.63, 3.8) is 0 Å². The number of aryl methyl sites for hydroxylation is 1. The molecule has 2 aromatic rings. The van der Waals surface area contributed by atoms with Crippen LogP contribution in [0, 0.1) is 0 Å². The minimum atomic E-state index is -0.117. The Morgan fingerprint density at radius 1 is 1.19 bits per heavy atom. The van der Waals surface area contributed by atoms with Gasteiger partial charge in [-0.05, 0) is 12.3 Å². The molecule has 114 valence electrons. The molecule has 0 radical (unpaired) electrons. The van der Waals surface area contributed by atoms with Crippen molar-refractivity contribution in [1.29, 1.82) is 0 Å². The van der Waals surface area contributed by atoms with Gasteiger partial charge in [0.15, 0.2) is 11.5 Å². The van der Waals surface area contributed by atoms with Crippen LogP contribution in [-0.4, -0.2) is 42.9 Å². The summed E-state index contributed by atoms with van der Waals surface area (Å²) < 4.78 is 17.5. The third-order valence-corrected chi connectivity index (χ3v) is 3.75. The van der Waals surface area contributed by atoms with Gasteiger partial charge in [-0.3, -0.25) is 9.36 Å². The van der Waals surface area contributed by atoms with E-state index < -0.39 is 0 Å². The Hall–Kier alpha value is -1.89. The van der Waals surface area contributed by atoms with Gasteiger partial charge in [0, 0.05) is 12.3 Å². The summed E-state index contributed by atoms with van der Waals surface area (Å²) in [6, 6.07) is 1.64. The highest BCUT2D eigenvalue weighted by molar-refractivity contribution is 7.98. The highest BCUT2D eigenvalue weighted by Crippen LogP contribution is 2.41. The van der Waals surface area contributed by atoms with Crippen molar-refractivity contribution >= 4 is 22.7 Å². The van der Waals surface area contributed by atoms with Gasteiger partial charge in [0.25, 0.3) is 5.56 Å². The summed E-state index contributed by atoms with van der Waals surface area (Å²) in [4.78, 5) is 16.9. The summed E-state index contributed by atoms with van der Waals surface area (Å²) in [6.07, 6.45) is 3.53. The zero-order valence-electron chi connectivity index (χ0n) is 12.5. The molecular formula is C14H18N2O4S. The lowest BCUT2D eigenvalue weighted by molar-refractivity contribution is 0.326. The maximum atomic E-state index is 12.5. The Kier molecular flexibility index (Phi) is 4.95. The molecule has 0 unspecified atom stereocenters. The van der Waals surface area contributed by atoms with E-state index in [9.17, 15) is 4.79 Å². The second-order valence-corrected chi connectivity index (χ2v) is 5.26. The van der Waals surface area contributed by atoms with Crippen LogP contribution in [0.5, 0.6) is 17.2 Å². The zero-order chi connectivity index (χ0) is 15.4. The van der Waals surface area contributed by atoms with Crippen LogP contribution < -0.4 is 19.8 Å². The smallest absolute Gasteiger partial charge is 0.261 e. The topological polar surface area (TPSA) is 62.6 Å². The van der Waals surface area contributed by atoms with Gasteiger partial charge in [-0.1, -0.05) is 0 Å². The van der Waals surface area contributed by atoms with Gasteiger partial charge >= 0.3 is 0 Å². The first-order chi connectivity index (χ1) is 10.2. The molecule has 7 heteroatoms. The van der Waals surface area contributed by atoms with Crippen LogP contribution >= 0.6 is 11.8 Å². The standard InChI is InChI=1S/C14H18N2O4S/c1-18-10-7-9-11(13(20-3)12(10)19-2)15-8-16(14(9)17)5-6-21-4/h7-8H,5-6H2,1-4H3. The predicted octanol–water partition coefficient (Wildman–Crippen LogP) is 1.79. The lowest BCUT2D eigenvalue weighted by Crippen LogP contribution is -2.22. The first-order valence-electron chi connectivity index (χ1n) is 6.35. The number of ether oxygens (including phenoxy) is 3. The molecule has 0 spiro atoms. The van der Waals surface area contributed by atoms with E-state index in [1.807, 2.05) is 6.26 Å². The average Bonchev–Trinajstić information content (AvgIpc) is 2.52. The molecule has 1 aromatic heterocycles. The van der Waals surface area contributed by atoms with Gasteiger partial charge in [-0.15, -0.1) is 0 Å². The fourth-order valence-corrected chi connectivity index (χ4v) is 2.49. The van der Waals surface area contributed by atoms with E-state index in [0.717, 1.165) is 5.75 Å². The summed E-state index contributed by atoms with van der Waals surface area (Å²) in [5, 5.41) is 0.452. The summed E-state index contributed by atoms with van der Waals surface area (Å²) in [5.41, 5.74) is 0.355. The Balaban J connectivity index is 2.73. The zero-order valence-corrected chi connectivity index (χ0v) is 13.3. The number of hydrogen-bond donors (Lipinski definition) is 0. The second kappa shape index (κ2) is 6.71. The Morgan fingerprint density at radius 3 is 2.48 bits per heavy atom. The maximum Gasteiger partial charge on any atom is 0.261 e. The molecule has 0 aliphatic rings. The molecule has 2 rings (SSSR count). The summed E-state index contributed by atoms with van der Waals surface area (Å²) in [7, 11) is 4.55. The number of thioether (sulfide) groups is 1. The van der Waals surface area contributed by atoms with Gasteiger partial charge in [0.05, 0.1) is 33.0 Å². The average molecular weight is 310 g/mol. The molecule has 0 aliphatic carbocycles. The van der Waals surface area contributed by atoms with Gasteiger partial charge in [-0.2, -0.15) is 11.8 Å². The van der Waals surface area contributed by atoms with Crippen LogP contribution in [0.4, 0.5) is 0 Å². The Labute approximate surface area is 127 Å². The molecule has 6 nitrogen and oxygen atoms in total. The van der Waals surface area contributed by atoms with Crippen molar-refractivity contribution in [2.75, 3.05) is 33.3 Å². The van der Waals surface area contributed by atoms with E-state index >= 15 is 0 Å². The number of rotatable bonds is 6. The van der Waals surface area contributed by atoms with Crippen LogP contribution in [-0.2, 0) is 6.54 Å². The lowest BCUT2D eigenvalue weighted by Gasteiger charge is -2.14. The van der Waals surface area contributed by atoms with Crippen molar-refractivity contribution in [3.8, 4) is 17.2 Å². The van der Waals surface area contributed by atoms with Gasteiger partial charge in [0.2, 0.25) is 5.75 Å². The molecule has 1 heterocycles. The van der Waals surface area contributed by atoms with Crippen molar-refractivity contribution < 1.29 is 14.2 Å². The minimum absolute atomic E-state index is 0.117. The van der Waals surface area contributed by atoms with E-state index in [1.165, 1.54) is 27.7 Å². The first kappa shape index (κ1) is 15.5. The number of benzene rings is 1. The quantitative estimate of drug-likeness (QED) is 0.810. The van der Waals surface area contributed by atoms with Gasteiger partial charge < -0.3 is 14.2 Å². The molecule has 0 saturated heterocycles. The van der Waals surface area contributed by atoms with E-state index in [0.29, 0.717) is 34.7 Å². The van der Waals surface area contributed by atoms with E-state index in [4.69, 9.17) is 14.2 Å². The van der Waals surface area contributed by atoms with Crippen LogP contribution in [0.15, 0.2) is 17.2 Å². The summed E-state index contributed by atoms with van der Waals surface area (Å²) in [6.45, 7) is 0.611. The van der Waals surface area contributed by atoms with E-state index in [2.05, 4.69) is 4.98 Å². The number of hydrogen-bond acceptors (Lipinski definition) is 6. The molecule has 0 fully saturated rings. The summed E-state index contributed by atoms with van der Waals surface area (Å²) in [5.74, 6) is 2.13. The normalized spacial score (nSPS) is 10.7. The first-order valence-corrected chi connectivity index (χ1v) is 7.74. The van der Waals surface area contributed by atoms with Gasteiger partial charge in [0.1, 0.15) is 5.52 Å². The number of nitrogens with zero attached hydrogens (tertiary/aromatic N) is 2. The third-order valence-electron chi connectivity index (χ3n) is 3.16. The molecule has 0 aliphatic heterocycles. The number of aromatic nitrogens is 2. The van der Waals surface area contributed by atoms with Crippen LogP contribution in [0.1, 0.15) is 0 Å². The SMILES string of the molecule is COc1cc2c(=O)n(CCSC)cnc2c(OC)c1OC. The van der Waals surface area contributed by atoms with Gasteiger partial charge in [-0.25, -0.2) is 4.98 Å². The molecule has 0 bridgehead atoms.